The summed E-state index contributed by atoms with van der Waals surface area (Å²) in [7, 11) is 0. The molecule has 2 aromatic heterocycles. The van der Waals surface area contributed by atoms with Gasteiger partial charge in [0.25, 0.3) is 0 Å². The molecule has 1 atom stereocenters. The number of nitrogens with zero attached hydrogens (tertiary/aromatic N) is 2. The number of carbonyl (C=O) groups is 1. The highest BCUT2D eigenvalue weighted by molar-refractivity contribution is 5.82. The number of fused-ring (bicyclic) bond motifs is 1. The smallest absolute Gasteiger partial charge is 0.239 e. The molecule has 2 saturated heterocycles. The minimum absolute atomic E-state index is 0.0637. The van der Waals surface area contributed by atoms with Gasteiger partial charge < -0.3 is 15.2 Å². The highest BCUT2D eigenvalue weighted by Gasteiger charge is 2.30. The molecule has 2 N–H and O–H groups in total. The van der Waals surface area contributed by atoms with Crippen molar-refractivity contribution in [3.63, 3.8) is 0 Å². The zero-order valence-corrected chi connectivity index (χ0v) is 12.7. The predicted octanol–water partition coefficient (Wildman–Crippen LogP) is 2.02. The molecule has 0 radical (unpaired) electrons. The first kappa shape index (κ1) is 13.8. The number of pyridine rings is 1. The number of H-pyrrole nitrogens is 1. The molecule has 1 amide bonds. The number of amides is 1. The minimum Gasteiger partial charge on any atom is -0.346 e. The van der Waals surface area contributed by atoms with E-state index in [9.17, 15) is 4.79 Å². The van der Waals surface area contributed by atoms with Crippen LogP contribution in [0.4, 0.5) is 0 Å². The second-order valence-electron chi connectivity index (χ2n) is 6.39. The highest BCUT2D eigenvalue weighted by atomic mass is 16.2. The van der Waals surface area contributed by atoms with Gasteiger partial charge in [0.05, 0.1) is 6.04 Å². The first-order valence-corrected chi connectivity index (χ1v) is 8.27. The van der Waals surface area contributed by atoms with Crippen molar-refractivity contribution in [1.29, 1.82) is 0 Å². The fraction of sp³-hybridized carbons (Fsp3) is 0.529. The molecule has 22 heavy (non-hydrogen) atoms. The lowest BCUT2D eigenvalue weighted by Crippen LogP contribution is -2.46. The van der Waals surface area contributed by atoms with Crippen LogP contribution >= 0.6 is 0 Å². The number of hydrogen-bond donors (Lipinski definition) is 2. The standard InChI is InChI=1S/C17H22N4O/c22-17(15-4-2-7-18-15)21-9-5-12(6-10-21)14-11-20-16-13(14)3-1-8-19-16/h1,3,8,11-12,15,18H,2,4-7,9-10H2,(H,19,20). The van der Waals surface area contributed by atoms with Gasteiger partial charge in [-0.2, -0.15) is 0 Å². The van der Waals surface area contributed by atoms with Crippen LogP contribution in [0.1, 0.15) is 37.2 Å². The van der Waals surface area contributed by atoms with E-state index < -0.39 is 0 Å². The summed E-state index contributed by atoms with van der Waals surface area (Å²) >= 11 is 0. The zero-order chi connectivity index (χ0) is 14.9. The second-order valence-corrected chi connectivity index (χ2v) is 6.39. The Morgan fingerprint density at radius 1 is 1.27 bits per heavy atom. The van der Waals surface area contributed by atoms with E-state index in [-0.39, 0.29) is 6.04 Å². The molecule has 0 aliphatic carbocycles. The van der Waals surface area contributed by atoms with Gasteiger partial charge in [0, 0.05) is 30.9 Å². The van der Waals surface area contributed by atoms with E-state index in [4.69, 9.17) is 0 Å². The molecule has 4 rings (SSSR count). The van der Waals surface area contributed by atoms with Gasteiger partial charge in [-0.25, -0.2) is 4.98 Å². The van der Waals surface area contributed by atoms with Gasteiger partial charge in [0.15, 0.2) is 0 Å². The largest absolute Gasteiger partial charge is 0.346 e. The van der Waals surface area contributed by atoms with Crippen molar-refractivity contribution in [2.24, 2.45) is 0 Å². The molecule has 0 bridgehead atoms. The van der Waals surface area contributed by atoms with Crippen LogP contribution in [0.15, 0.2) is 24.5 Å². The van der Waals surface area contributed by atoms with Gasteiger partial charge in [0.2, 0.25) is 5.91 Å². The summed E-state index contributed by atoms with van der Waals surface area (Å²) in [5.41, 5.74) is 2.32. The van der Waals surface area contributed by atoms with Gasteiger partial charge in [-0.15, -0.1) is 0 Å². The normalized spacial score (nSPS) is 23.3. The van der Waals surface area contributed by atoms with E-state index in [1.807, 2.05) is 17.2 Å². The van der Waals surface area contributed by atoms with Crippen LogP contribution in [0.25, 0.3) is 11.0 Å². The maximum absolute atomic E-state index is 12.5. The molecule has 5 nitrogen and oxygen atoms in total. The molecule has 5 heteroatoms. The molecule has 2 fully saturated rings. The monoisotopic (exact) mass is 298 g/mol. The number of rotatable bonds is 2. The van der Waals surface area contributed by atoms with Crippen LogP contribution in [0, 0.1) is 0 Å². The average molecular weight is 298 g/mol. The van der Waals surface area contributed by atoms with E-state index in [1.165, 1.54) is 10.9 Å². The Balaban J connectivity index is 1.44. The number of piperidine rings is 1. The topological polar surface area (TPSA) is 61.0 Å². The maximum Gasteiger partial charge on any atom is 0.239 e. The Bertz CT molecular complexity index is 666. The van der Waals surface area contributed by atoms with E-state index >= 15 is 0 Å². The third-order valence-corrected chi connectivity index (χ3v) is 5.09. The van der Waals surface area contributed by atoms with Gasteiger partial charge >= 0.3 is 0 Å². The summed E-state index contributed by atoms with van der Waals surface area (Å²) in [6, 6.07) is 4.19. The third kappa shape index (κ3) is 2.39. The predicted molar refractivity (Wildman–Crippen MR) is 85.7 cm³/mol. The fourth-order valence-corrected chi connectivity index (χ4v) is 3.84. The molecule has 116 valence electrons. The molecule has 1 unspecified atom stereocenters. The minimum atomic E-state index is 0.0637. The summed E-state index contributed by atoms with van der Waals surface area (Å²) in [5.74, 6) is 0.829. The van der Waals surface area contributed by atoms with Crippen molar-refractivity contribution in [2.45, 2.75) is 37.6 Å². The molecular weight excluding hydrogens is 276 g/mol. The molecule has 0 spiro atoms. The average Bonchev–Trinajstić information content (AvgIpc) is 3.24. The van der Waals surface area contributed by atoms with Crippen molar-refractivity contribution in [1.82, 2.24) is 20.2 Å². The van der Waals surface area contributed by atoms with Gasteiger partial charge in [-0.05, 0) is 55.8 Å². The lowest BCUT2D eigenvalue weighted by molar-refractivity contribution is -0.134. The third-order valence-electron chi connectivity index (χ3n) is 5.09. The second kappa shape index (κ2) is 5.72. The Morgan fingerprint density at radius 2 is 2.14 bits per heavy atom. The number of nitrogens with one attached hydrogen (secondary N) is 2. The first-order chi connectivity index (χ1) is 10.8. The van der Waals surface area contributed by atoms with Crippen LogP contribution in [0.5, 0.6) is 0 Å². The fourth-order valence-electron chi connectivity index (χ4n) is 3.84. The molecule has 2 aliphatic rings. The number of hydrogen-bond acceptors (Lipinski definition) is 3. The molecule has 2 aromatic rings. The van der Waals surface area contributed by atoms with Crippen molar-refractivity contribution in [3.8, 4) is 0 Å². The maximum atomic E-state index is 12.5. The summed E-state index contributed by atoms with van der Waals surface area (Å²) < 4.78 is 0. The Hall–Kier alpha value is -1.88. The molecule has 4 heterocycles. The lowest BCUT2D eigenvalue weighted by Gasteiger charge is -2.33. The molecular formula is C17H22N4O. The van der Waals surface area contributed by atoms with E-state index in [1.54, 1.807) is 0 Å². The SMILES string of the molecule is O=C(C1CCCN1)N1CCC(c2c[nH]c3ncccc23)CC1. The van der Waals surface area contributed by atoms with E-state index in [0.29, 0.717) is 11.8 Å². The van der Waals surface area contributed by atoms with Crippen LogP contribution in [0.2, 0.25) is 0 Å². The van der Waals surface area contributed by atoms with E-state index in [2.05, 4.69) is 27.5 Å². The summed E-state index contributed by atoms with van der Waals surface area (Å²) in [6.45, 7) is 2.72. The number of likely N-dealkylation sites (tertiary alicyclic amines) is 1. The van der Waals surface area contributed by atoms with Gasteiger partial charge in [-0.3, -0.25) is 4.79 Å². The van der Waals surface area contributed by atoms with Gasteiger partial charge in [-0.1, -0.05) is 0 Å². The highest BCUT2D eigenvalue weighted by Crippen LogP contribution is 2.32. The van der Waals surface area contributed by atoms with Crippen LogP contribution in [-0.2, 0) is 4.79 Å². The lowest BCUT2D eigenvalue weighted by atomic mass is 9.89. The van der Waals surface area contributed by atoms with Crippen molar-refractivity contribution < 1.29 is 4.79 Å². The summed E-state index contributed by atoms with van der Waals surface area (Å²) in [5, 5.41) is 4.54. The number of aromatic amines is 1. The van der Waals surface area contributed by atoms with Crippen molar-refractivity contribution >= 4 is 16.9 Å². The summed E-state index contributed by atoms with van der Waals surface area (Å²) in [4.78, 5) is 22.1. The van der Waals surface area contributed by atoms with Crippen LogP contribution in [0.3, 0.4) is 0 Å². The Kier molecular flexibility index (Phi) is 3.58. The Labute approximate surface area is 130 Å². The van der Waals surface area contributed by atoms with Crippen LogP contribution < -0.4 is 5.32 Å². The quantitative estimate of drug-likeness (QED) is 0.891. The number of aromatic nitrogens is 2. The summed E-state index contributed by atoms with van der Waals surface area (Å²) in [6.07, 6.45) is 8.11. The van der Waals surface area contributed by atoms with Crippen molar-refractivity contribution in [3.05, 3.63) is 30.1 Å². The van der Waals surface area contributed by atoms with Gasteiger partial charge in [0.1, 0.15) is 5.65 Å². The molecule has 0 aromatic carbocycles. The Morgan fingerprint density at radius 3 is 2.91 bits per heavy atom. The first-order valence-electron chi connectivity index (χ1n) is 8.27. The van der Waals surface area contributed by atoms with E-state index in [0.717, 1.165) is 51.0 Å². The molecule has 0 saturated carbocycles. The van der Waals surface area contributed by atoms with Crippen LogP contribution in [-0.4, -0.2) is 46.5 Å². The zero-order valence-electron chi connectivity index (χ0n) is 12.7. The van der Waals surface area contributed by atoms with Crippen molar-refractivity contribution in [2.75, 3.05) is 19.6 Å². The molecule has 2 aliphatic heterocycles. The number of carbonyl (C=O) groups excluding carboxylic acids is 1.